The number of halogens is 1. The summed E-state index contributed by atoms with van der Waals surface area (Å²) >= 11 is 7.25. The van der Waals surface area contributed by atoms with E-state index in [4.69, 9.17) is 16.3 Å². The lowest BCUT2D eigenvalue weighted by Crippen LogP contribution is -2.23. The fraction of sp³-hybridized carbons (Fsp3) is 0.154. The number of benzene rings is 3. The number of nitrogens with one attached hydrogen (secondary N) is 1. The number of hydrogen-bond donors (Lipinski definition) is 1. The second kappa shape index (κ2) is 11.2. The average molecular weight is 507 g/mol. The van der Waals surface area contributed by atoms with Gasteiger partial charge >= 0.3 is 0 Å². The van der Waals surface area contributed by atoms with E-state index in [2.05, 4.69) is 15.5 Å². The number of carbonyl (C=O) groups is 2. The van der Waals surface area contributed by atoms with Crippen molar-refractivity contribution in [3.8, 4) is 11.4 Å². The van der Waals surface area contributed by atoms with Gasteiger partial charge in [0.25, 0.3) is 0 Å². The maximum Gasteiger partial charge on any atom is 0.237 e. The number of hydrogen-bond acceptors (Lipinski definition) is 6. The number of carbonyl (C=O) groups excluding carboxylic acids is 2. The second-order valence-corrected chi connectivity index (χ2v) is 9.44. The highest BCUT2D eigenvalue weighted by Crippen LogP contribution is 2.27. The molecule has 1 amide bonds. The summed E-state index contributed by atoms with van der Waals surface area (Å²) in [5.74, 6) is 1.05. The Kier molecular flexibility index (Phi) is 7.84. The van der Waals surface area contributed by atoms with Crippen molar-refractivity contribution in [2.24, 2.45) is 0 Å². The van der Waals surface area contributed by atoms with Crippen LogP contribution < -0.4 is 10.1 Å². The maximum atomic E-state index is 12.8. The first-order valence-corrected chi connectivity index (χ1v) is 12.1. The number of rotatable bonds is 9. The van der Waals surface area contributed by atoms with Gasteiger partial charge in [-0.2, -0.15) is 0 Å². The number of Topliss-reactive ketones (excluding diaryl/α,β-unsaturated/α-hetero) is 1. The van der Waals surface area contributed by atoms with Crippen molar-refractivity contribution >= 4 is 40.7 Å². The van der Waals surface area contributed by atoms with Crippen molar-refractivity contribution in [2.75, 3.05) is 5.32 Å². The van der Waals surface area contributed by atoms with Crippen LogP contribution in [0.25, 0.3) is 5.69 Å². The summed E-state index contributed by atoms with van der Waals surface area (Å²) in [5, 5.41) is 12.3. The minimum absolute atomic E-state index is 0.0251. The van der Waals surface area contributed by atoms with E-state index < -0.39 is 5.25 Å². The topological polar surface area (TPSA) is 86.1 Å². The van der Waals surface area contributed by atoms with Gasteiger partial charge in [-0.1, -0.05) is 41.6 Å². The summed E-state index contributed by atoms with van der Waals surface area (Å²) in [5.41, 5.74) is 2.07. The molecule has 1 aromatic heterocycles. The highest BCUT2D eigenvalue weighted by Gasteiger charge is 2.21. The number of para-hydroxylation sites is 1. The quantitative estimate of drug-likeness (QED) is 0.227. The third-order valence-electron chi connectivity index (χ3n) is 5.11. The molecule has 4 rings (SSSR count). The first kappa shape index (κ1) is 24.5. The summed E-state index contributed by atoms with van der Waals surface area (Å²) in [6.07, 6.45) is 0. The Morgan fingerprint density at radius 3 is 2.34 bits per heavy atom. The molecule has 35 heavy (non-hydrogen) atoms. The molecule has 0 aliphatic carbocycles. The molecule has 0 saturated carbocycles. The van der Waals surface area contributed by atoms with Gasteiger partial charge in [0.1, 0.15) is 12.4 Å². The monoisotopic (exact) mass is 506 g/mol. The molecule has 3 aromatic carbocycles. The Balaban J connectivity index is 1.50. The zero-order valence-corrected chi connectivity index (χ0v) is 20.7. The van der Waals surface area contributed by atoms with E-state index >= 15 is 0 Å². The number of anilines is 1. The van der Waals surface area contributed by atoms with Gasteiger partial charge in [0.2, 0.25) is 5.91 Å². The van der Waals surface area contributed by atoms with Crippen LogP contribution >= 0.6 is 23.4 Å². The van der Waals surface area contributed by atoms with Gasteiger partial charge in [0, 0.05) is 22.0 Å². The third-order valence-corrected chi connectivity index (χ3v) is 6.40. The number of ketones is 1. The van der Waals surface area contributed by atoms with Crippen LogP contribution in [0.3, 0.4) is 0 Å². The summed E-state index contributed by atoms with van der Waals surface area (Å²) in [6, 6.07) is 23.6. The Hall–Kier alpha value is -3.62. The van der Waals surface area contributed by atoms with Gasteiger partial charge < -0.3 is 10.1 Å². The average Bonchev–Trinajstić information content (AvgIpc) is 3.26. The standard InChI is InChI=1S/C26H23ClN4O3S/c1-17(32)19-8-12-21(13-9-19)28-25(33)18(2)35-26-30-29-24(31(26)22-6-4-3-5-7-22)16-34-23-14-10-20(27)11-15-23/h3-15,18H,16H2,1-2H3,(H,28,33)/t18-/m1/s1. The molecule has 1 atom stereocenters. The SMILES string of the molecule is CC(=O)c1ccc(NC(=O)[C@@H](C)Sc2nnc(COc3ccc(Cl)cc3)n2-c2ccccc2)cc1. The molecule has 9 heteroatoms. The second-order valence-electron chi connectivity index (χ2n) is 7.70. The molecule has 0 unspecified atom stereocenters. The summed E-state index contributed by atoms with van der Waals surface area (Å²) in [7, 11) is 0. The van der Waals surface area contributed by atoms with Crippen LogP contribution in [0, 0.1) is 0 Å². The van der Waals surface area contributed by atoms with E-state index in [1.54, 1.807) is 55.5 Å². The fourth-order valence-corrected chi connectivity index (χ4v) is 4.24. The molecule has 7 nitrogen and oxygen atoms in total. The van der Waals surface area contributed by atoms with E-state index in [0.717, 1.165) is 5.69 Å². The molecule has 1 N–H and O–H groups in total. The molecule has 0 bridgehead atoms. The van der Waals surface area contributed by atoms with Gasteiger partial charge in [-0.3, -0.25) is 14.2 Å². The lowest BCUT2D eigenvalue weighted by Gasteiger charge is -2.14. The highest BCUT2D eigenvalue weighted by molar-refractivity contribution is 8.00. The third kappa shape index (κ3) is 6.29. The Morgan fingerprint density at radius 2 is 1.69 bits per heavy atom. The van der Waals surface area contributed by atoms with Crippen LogP contribution in [0.15, 0.2) is 84.0 Å². The maximum absolute atomic E-state index is 12.8. The predicted octanol–water partition coefficient (Wildman–Crippen LogP) is 5.82. The number of nitrogens with zero attached hydrogens (tertiary/aromatic N) is 3. The van der Waals surface area contributed by atoms with Crippen LogP contribution in [-0.4, -0.2) is 31.7 Å². The van der Waals surface area contributed by atoms with Crippen molar-refractivity contribution in [2.45, 2.75) is 30.9 Å². The molecular weight excluding hydrogens is 484 g/mol. The van der Waals surface area contributed by atoms with E-state index in [1.807, 2.05) is 34.9 Å². The lowest BCUT2D eigenvalue weighted by molar-refractivity contribution is -0.115. The molecule has 4 aromatic rings. The molecule has 1 heterocycles. The molecular formula is C26H23ClN4O3S. The molecule has 178 valence electrons. The van der Waals surface area contributed by atoms with Gasteiger partial charge in [-0.15, -0.1) is 10.2 Å². The first-order chi connectivity index (χ1) is 16.9. The normalized spacial score (nSPS) is 11.6. The largest absolute Gasteiger partial charge is 0.486 e. The van der Waals surface area contributed by atoms with E-state index in [9.17, 15) is 9.59 Å². The smallest absolute Gasteiger partial charge is 0.237 e. The van der Waals surface area contributed by atoms with Crippen LogP contribution in [0.5, 0.6) is 5.75 Å². The number of thioether (sulfide) groups is 1. The van der Waals surface area contributed by atoms with Crippen LogP contribution in [0.2, 0.25) is 5.02 Å². The summed E-state index contributed by atoms with van der Waals surface area (Å²) in [4.78, 5) is 24.3. The molecule has 0 aliphatic rings. The molecule has 0 radical (unpaired) electrons. The summed E-state index contributed by atoms with van der Waals surface area (Å²) in [6.45, 7) is 3.49. The Labute approximate surface area is 212 Å². The lowest BCUT2D eigenvalue weighted by atomic mass is 10.1. The Bertz CT molecular complexity index is 1310. The van der Waals surface area contributed by atoms with Crippen LogP contribution in [0.1, 0.15) is 30.0 Å². The van der Waals surface area contributed by atoms with Crippen molar-refractivity contribution in [3.05, 3.63) is 95.3 Å². The van der Waals surface area contributed by atoms with Crippen molar-refractivity contribution in [1.29, 1.82) is 0 Å². The zero-order valence-electron chi connectivity index (χ0n) is 19.1. The van der Waals surface area contributed by atoms with Crippen LogP contribution in [-0.2, 0) is 11.4 Å². The van der Waals surface area contributed by atoms with Crippen molar-refractivity contribution in [3.63, 3.8) is 0 Å². The highest BCUT2D eigenvalue weighted by atomic mass is 35.5. The zero-order chi connectivity index (χ0) is 24.8. The fourth-order valence-electron chi connectivity index (χ4n) is 3.23. The van der Waals surface area contributed by atoms with E-state index in [0.29, 0.717) is 33.0 Å². The Morgan fingerprint density at radius 1 is 1.00 bits per heavy atom. The van der Waals surface area contributed by atoms with Crippen LogP contribution in [0.4, 0.5) is 5.69 Å². The summed E-state index contributed by atoms with van der Waals surface area (Å²) < 4.78 is 7.77. The molecule has 0 fully saturated rings. The van der Waals surface area contributed by atoms with Gasteiger partial charge in [-0.25, -0.2) is 0 Å². The molecule has 0 saturated heterocycles. The van der Waals surface area contributed by atoms with Gasteiger partial charge in [0.05, 0.1) is 5.25 Å². The number of aromatic nitrogens is 3. The minimum atomic E-state index is -0.459. The van der Waals surface area contributed by atoms with E-state index in [1.165, 1.54) is 18.7 Å². The van der Waals surface area contributed by atoms with E-state index in [-0.39, 0.29) is 18.3 Å². The van der Waals surface area contributed by atoms with Gasteiger partial charge in [-0.05, 0) is 74.5 Å². The van der Waals surface area contributed by atoms with Crippen molar-refractivity contribution < 1.29 is 14.3 Å². The molecule has 0 spiro atoms. The molecule has 0 aliphatic heterocycles. The van der Waals surface area contributed by atoms with Gasteiger partial charge in [0.15, 0.2) is 16.8 Å². The first-order valence-electron chi connectivity index (χ1n) is 10.9. The van der Waals surface area contributed by atoms with Crippen molar-refractivity contribution in [1.82, 2.24) is 14.8 Å². The predicted molar refractivity (Wildman–Crippen MR) is 138 cm³/mol. The minimum Gasteiger partial charge on any atom is -0.486 e. The number of ether oxygens (including phenoxy) is 1. The number of amides is 1.